The van der Waals surface area contributed by atoms with Gasteiger partial charge in [-0.1, -0.05) is 0 Å². The summed E-state index contributed by atoms with van der Waals surface area (Å²) in [6, 6.07) is 3.75. The minimum absolute atomic E-state index is 0.0882. The number of nitrogens with zero attached hydrogens (tertiary/aromatic N) is 2. The van der Waals surface area contributed by atoms with Crippen molar-refractivity contribution >= 4 is 35.2 Å². The Bertz CT molecular complexity index is 623. The number of hydrogen-bond acceptors (Lipinski definition) is 3. The summed E-state index contributed by atoms with van der Waals surface area (Å²) in [5.41, 5.74) is 0.758. The van der Waals surface area contributed by atoms with Gasteiger partial charge in [0.1, 0.15) is 5.57 Å². The van der Waals surface area contributed by atoms with Crippen LogP contribution in [-0.4, -0.2) is 33.4 Å². The Morgan fingerprint density at radius 2 is 1.95 bits per heavy atom. The molecule has 1 aromatic rings. The molecule has 0 atom stereocenters. The number of rotatable bonds is 1. The minimum Gasteiger partial charge on any atom is -0.343 e. The van der Waals surface area contributed by atoms with E-state index in [2.05, 4.69) is 26.1 Å². The van der Waals surface area contributed by atoms with E-state index in [9.17, 15) is 9.59 Å². The van der Waals surface area contributed by atoms with Gasteiger partial charge in [0.2, 0.25) is 0 Å². The maximum absolute atomic E-state index is 12.1. The van der Waals surface area contributed by atoms with Gasteiger partial charge in [0.25, 0.3) is 11.8 Å². The zero-order valence-corrected chi connectivity index (χ0v) is 12.7. The second-order valence-electron chi connectivity index (χ2n) is 5.66. The highest BCUT2D eigenvalue weighted by Gasteiger charge is 2.31. The molecule has 0 radical (unpaired) electrons. The number of carbonyl (C=O) groups is 2. The minimum atomic E-state index is -0.459. The number of hydrogen-bond donors (Lipinski definition) is 1. The molecule has 2 amide bonds. The Labute approximate surface area is 123 Å². The van der Waals surface area contributed by atoms with Crippen LogP contribution in [0.3, 0.4) is 0 Å². The molecule has 0 saturated carbocycles. The first-order valence-corrected chi connectivity index (χ1v) is 6.65. The van der Waals surface area contributed by atoms with E-state index in [-0.39, 0.29) is 22.1 Å². The molecular weight excluding hydrogens is 274 g/mol. The van der Waals surface area contributed by atoms with E-state index in [1.54, 1.807) is 13.1 Å². The lowest BCUT2D eigenvalue weighted by atomic mass is 10.1. The third-order valence-corrected chi connectivity index (χ3v) is 3.48. The number of carbonyl (C=O) groups excluding carboxylic acids is 2. The van der Waals surface area contributed by atoms with Gasteiger partial charge >= 0.3 is 0 Å². The van der Waals surface area contributed by atoms with E-state index in [4.69, 9.17) is 12.2 Å². The summed E-state index contributed by atoms with van der Waals surface area (Å²) in [5, 5.41) is 2.63. The van der Waals surface area contributed by atoms with Gasteiger partial charge in [0, 0.05) is 24.5 Å². The van der Waals surface area contributed by atoms with Crippen LogP contribution in [0.25, 0.3) is 6.08 Å². The summed E-state index contributed by atoms with van der Waals surface area (Å²) in [6.45, 7) is 6.16. The molecule has 2 rings (SSSR count). The number of amides is 2. The smallest absolute Gasteiger partial charge is 0.265 e. The highest BCUT2D eigenvalue weighted by molar-refractivity contribution is 7.80. The fourth-order valence-corrected chi connectivity index (χ4v) is 2.19. The summed E-state index contributed by atoms with van der Waals surface area (Å²) in [5.74, 6) is -0.847. The van der Waals surface area contributed by atoms with Crippen LogP contribution in [0.4, 0.5) is 0 Å². The van der Waals surface area contributed by atoms with Gasteiger partial charge in [-0.05, 0) is 51.2 Å². The largest absolute Gasteiger partial charge is 0.343 e. The van der Waals surface area contributed by atoms with Crippen molar-refractivity contribution in [2.75, 3.05) is 7.05 Å². The predicted octanol–water partition coefficient (Wildman–Crippen LogP) is 1.50. The Hall–Kier alpha value is -1.95. The molecule has 2 heterocycles. The van der Waals surface area contributed by atoms with Crippen molar-refractivity contribution in [3.8, 4) is 0 Å². The molecule has 1 N–H and O–H groups in total. The molecule has 0 bridgehead atoms. The molecule has 106 valence electrons. The monoisotopic (exact) mass is 291 g/mol. The predicted molar refractivity (Wildman–Crippen MR) is 80.9 cm³/mol. The summed E-state index contributed by atoms with van der Waals surface area (Å²) in [7, 11) is 1.54. The van der Waals surface area contributed by atoms with Crippen molar-refractivity contribution in [3.63, 3.8) is 0 Å². The van der Waals surface area contributed by atoms with Crippen LogP contribution in [0.5, 0.6) is 0 Å². The molecule has 6 heteroatoms. The van der Waals surface area contributed by atoms with Gasteiger partial charge in [-0.15, -0.1) is 0 Å². The van der Waals surface area contributed by atoms with Crippen LogP contribution in [0, 0.1) is 0 Å². The Balaban J connectivity index is 2.45. The normalized spacial score (nSPS) is 18.7. The molecule has 0 aromatic carbocycles. The number of nitrogens with one attached hydrogen (secondary N) is 1. The second-order valence-corrected chi connectivity index (χ2v) is 6.04. The van der Waals surface area contributed by atoms with Crippen molar-refractivity contribution in [3.05, 3.63) is 29.6 Å². The molecule has 0 spiro atoms. The van der Waals surface area contributed by atoms with Crippen molar-refractivity contribution in [1.29, 1.82) is 0 Å². The van der Waals surface area contributed by atoms with Crippen LogP contribution in [0.1, 0.15) is 26.5 Å². The summed E-state index contributed by atoms with van der Waals surface area (Å²) < 4.78 is 2.01. The topological polar surface area (TPSA) is 54.3 Å². The summed E-state index contributed by atoms with van der Waals surface area (Å²) in [4.78, 5) is 25.3. The summed E-state index contributed by atoms with van der Waals surface area (Å²) in [6.07, 6.45) is 3.52. The fraction of sp³-hybridized carbons (Fsp3) is 0.357. The standard InChI is InChI=1S/C14H17N3O2S/c1-14(2,3)17-7-5-6-9(17)8-10-11(18)15-13(20)16(4)12(10)19/h5-8H,1-4H3,(H,15,18,20)/b10-8+. The Morgan fingerprint density at radius 1 is 1.30 bits per heavy atom. The second kappa shape index (κ2) is 4.86. The van der Waals surface area contributed by atoms with Crippen molar-refractivity contribution in [1.82, 2.24) is 14.8 Å². The average Bonchev–Trinajstić information content (AvgIpc) is 2.80. The van der Waals surface area contributed by atoms with Crippen LogP contribution in [0.2, 0.25) is 0 Å². The molecule has 0 aliphatic carbocycles. The SMILES string of the molecule is CN1C(=O)/C(=C/c2cccn2C(C)(C)C)C(=O)NC1=S. The fourth-order valence-electron chi connectivity index (χ4n) is 2.02. The molecular formula is C14H17N3O2S. The van der Waals surface area contributed by atoms with Gasteiger partial charge < -0.3 is 4.57 Å². The van der Waals surface area contributed by atoms with Gasteiger partial charge in [-0.2, -0.15) is 0 Å². The molecule has 5 nitrogen and oxygen atoms in total. The third kappa shape index (κ3) is 2.51. The molecule has 1 aliphatic rings. The van der Waals surface area contributed by atoms with E-state index in [0.717, 1.165) is 5.69 Å². The number of likely N-dealkylation sites (N-methyl/N-ethyl adjacent to an activating group) is 1. The van der Waals surface area contributed by atoms with Crippen LogP contribution in [0.15, 0.2) is 23.9 Å². The first-order valence-electron chi connectivity index (χ1n) is 6.24. The first kappa shape index (κ1) is 14.5. The molecule has 20 heavy (non-hydrogen) atoms. The zero-order valence-electron chi connectivity index (χ0n) is 11.9. The quantitative estimate of drug-likeness (QED) is 0.485. The Kier molecular flexibility index (Phi) is 3.52. The third-order valence-electron chi connectivity index (χ3n) is 3.10. The van der Waals surface area contributed by atoms with E-state index < -0.39 is 5.91 Å². The van der Waals surface area contributed by atoms with Crippen LogP contribution >= 0.6 is 12.2 Å². The van der Waals surface area contributed by atoms with E-state index >= 15 is 0 Å². The molecule has 1 saturated heterocycles. The maximum atomic E-state index is 12.1. The van der Waals surface area contributed by atoms with Gasteiger partial charge in [-0.3, -0.25) is 19.8 Å². The molecule has 0 unspecified atom stereocenters. The average molecular weight is 291 g/mol. The van der Waals surface area contributed by atoms with Crippen molar-refractivity contribution in [2.45, 2.75) is 26.3 Å². The lowest BCUT2D eigenvalue weighted by molar-refractivity contribution is -0.128. The molecule has 1 aromatic heterocycles. The maximum Gasteiger partial charge on any atom is 0.265 e. The highest BCUT2D eigenvalue weighted by Crippen LogP contribution is 2.21. The van der Waals surface area contributed by atoms with Crippen molar-refractivity contribution in [2.24, 2.45) is 0 Å². The zero-order chi connectivity index (χ0) is 15.1. The van der Waals surface area contributed by atoms with Gasteiger partial charge in [0.15, 0.2) is 5.11 Å². The van der Waals surface area contributed by atoms with Gasteiger partial charge in [-0.25, -0.2) is 0 Å². The Morgan fingerprint density at radius 3 is 2.55 bits per heavy atom. The lowest BCUT2D eigenvalue weighted by Gasteiger charge is -2.26. The first-order chi connectivity index (χ1) is 9.21. The molecule has 1 fully saturated rings. The van der Waals surface area contributed by atoms with Crippen LogP contribution in [-0.2, 0) is 15.1 Å². The lowest BCUT2D eigenvalue weighted by Crippen LogP contribution is -2.52. The highest BCUT2D eigenvalue weighted by atomic mass is 32.1. The number of thiocarbonyl (C=S) groups is 1. The molecule has 1 aliphatic heterocycles. The van der Waals surface area contributed by atoms with E-state index in [0.29, 0.717) is 0 Å². The van der Waals surface area contributed by atoms with Crippen LogP contribution < -0.4 is 5.32 Å². The number of aromatic nitrogens is 1. The van der Waals surface area contributed by atoms with Gasteiger partial charge in [0.05, 0.1) is 0 Å². The van der Waals surface area contributed by atoms with Crippen molar-refractivity contribution < 1.29 is 9.59 Å². The van der Waals surface area contributed by atoms with E-state index in [1.807, 2.05) is 22.9 Å². The van der Waals surface area contributed by atoms with E-state index in [1.165, 1.54) is 4.90 Å². The summed E-state index contributed by atoms with van der Waals surface area (Å²) >= 11 is 4.91.